The van der Waals surface area contributed by atoms with Gasteiger partial charge in [-0.2, -0.15) is 0 Å². The minimum atomic E-state index is -1.47. The third-order valence-corrected chi connectivity index (χ3v) is 5.96. The quantitative estimate of drug-likeness (QED) is 0.419. The van der Waals surface area contributed by atoms with Gasteiger partial charge in [0.25, 0.3) is 11.8 Å². The zero-order valence-electron chi connectivity index (χ0n) is 20.0. The van der Waals surface area contributed by atoms with Gasteiger partial charge in [0.1, 0.15) is 29.0 Å². The van der Waals surface area contributed by atoms with Crippen molar-refractivity contribution in [3.05, 3.63) is 77.1 Å². The van der Waals surface area contributed by atoms with Gasteiger partial charge < -0.3 is 20.7 Å². The summed E-state index contributed by atoms with van der Waals surface area (Å²) in [6.07, 6.45) is 3.83. The van der Waals surface area contributed by atoms with Crippen molar-refractivity contribution in [2.75, 3.05) is 25.5 Å². The number of halogens is 6. The standard InChI is InChI=1S/C25H22F4N4O3.2ClH/c1-36-14-10-18(27)21(19(28)11-14)22-17(26)3-2-16(23(22)29)24(34)32-20-12-31-7-4-15(20)25(35)33-8-5-13(30)6-9-33;;/h2-4,7,10-13H,5-6,8-9,30H2,1H3,(H,32,34);2*1H. The van der Waals surface area contributed by atoms with E-state index < -0.39 is 45.9 Å². The molecule has 0 bridgehead atoms. The van der Waals surface area contributed by atoms with Crippen molar-refractivity contribution < 1.29 is 31.9 Å². The van der Waals surface area contributed by atoms with Gasteiger partial charge in [0.15, 0.2) is 0 Å². The van der Waals surface area contributed by atoms with E-state index in [1.165, 1.54) is 25.6 Å². The number of ether oxygens (including phenoxy) is 1. The van der Waals surface area contributed by atoms with Crippen molar-refractivity contribution in [2.24, 2.45) is 5.73 Å². The molecule has 1 aliphatic heterocycles. The van der Waals surface area contributed by atoms with E-state index in [2.05, 4.69) is 10.3 Å². The zero-order chi connectivity index (χ0) is 26.0. The van der Waals surface area contributed by atoms with Crippen LogP contribution in [0.2, 0.25) is 0 Å². The molecular weight excluding hydrogens is 551 g/mol. The molecule has 2 heterocycles. The Morgan fingerprint density at radius 2 is 1.61 bits per heavy atom. The topological polar surface area (TPSA) is 97.5 Å². The SMILES string of the molecule is COc1cc(F)c(-c2c(F)ccc(C(=O)Nc3cnccc3C(=O)N3CCC(N)CC3)c2F)c(F)c1.Cl.Cl. The highest BCUT2D eigenvalue weighted by Gasteiger charge is 2.27. The fourth-order valence-corrected chi connectivity index (χ4v) is 4.01. The Kier molecular flexibility index (Phi) is 10.5. The Hall–Kier alpha value is -3.41. The summed E-state index contributed by atoms with van der Waals surface area (Å²) in [7, 11) is 1.18. The number of pyridine rings is 1. The van der Waals surface area contributed by atoms with Crippen molar-refractivity contribution in [1.82, 2.24) is 9.88 Å². The number of benzene rings is 2. The minimum absolute atomic E-state index is 0. The van der Waals surface area contributed by atoms with E-state index in [0.29, 0.717) is 25.9 Å². The lowest BCUT2D eigenvalue weighted by molar-refractivity contribution is 0.0715. The lowest BCUT2D eigenvalue weighted by Gasteiger charge is -2.30. The van der Waals surface area contributed by atoms with Gasteiger partial charge in [-0.3, -0.25) is 14.6 Å². The maximum absolute atomic E-state index is 15.3. The highest BCUT2D eigenvalue weighted by molar-refractivity contribution is 6.09. The number of nitrogens with one attached hydrogen (secondary N) is 1. The molecule has 3 N–H and O–H groups in total. The Balaban J connectivity index is 0.00000253. The lowest BCUT2D eigenvalue weighted by Crippen LogP contribution is -2.43. The molecule has 1 saturated heterocycles. The average molecular weight is 575 g/mol. The molecule has 204 valence electrons. The van der Waals surface area contributed by atoms with Crippen molar-refractivity contribution in [3.8, 4) is 16.9 Å². The molecular formula is C25H24Cl2F4N4O3. The number of carbonyl (C=O) groups is 2. The number of piperidine rings is 1. The number of nitrogens with zero attached hydrogens (tertiary/aromatic N) is 2. The molecule has 13 heteroatoms. The molecule has 0 spiro atoms. The molecule has 0 unspecified atom stereocenters. The number of amides is 2. The molecule has 7 nitrogen and oxygen atoms in total. The molecule has 2 aromatic carbocycles. The fraction of sp³-hybridized carbons (Fsp3) is 0.240. The van der Waals surface area contributed by atoms with Crippen LogP contribution in [-0.2, 0) is 0 Å². The van der Waals surface area contributed by atoms with E-state index in [0.717, 1.165) is 24.3 Å². The lowest BCUT2D eigenvalue weighted by atomic mass is 9.99. The number of nitrogens with two attached hydrogens (primary N) is 1. The molecule has 4 rings (SSSR count). The molecule has 0 aliphatic carbocycles. The van der Waals surface area contributed by atoms with Crippen molar-refractivity contribution in [2.45, 2.75) is 18.9 Å². The first kappa shape index (κ1) is 30.8. The average Bonchev–Trinajstić information content (AvgIpc) is 2.85. The molecule has 3 aromatic rings. The molecule has 1 aromatic heterocycles. The first-order valence-electron chi connectivity index (χ1n) is 11.0. The van der Waals surface area contributed by atoms with Gasteiger partial charge in [-0.05, 0) is 31.0 Å². The second kappa shape index (κ2) is 12.9. The minimum Gasteiger partial charge on any atom is -0.497 e. The van der Waals surface area contributed by atoms with Crippen LogP contribution in [0.3, 0.4) is 0 Å². The third-order valence-electron chi connectivity index (χ3n) is 5.96. The number of aromatic nitrogens is 1. The number of carbonyl (C=O) groups excluding carboxylic acids is 2. The normalized spacial score (nSPS) is 13.3. The van der Waals surface area contributed by atoms with Crippen LogP contribution in [-0.4, -0.2) is 47.9 Å². The van der Waals surface area contributed by atoms with Gasteiger partial charge in [0.2, 0.25) is 0 Å². The predicted octanol–water partition coefficient (Wildman–Crippen LogP) is 4.97. The number of rotatable bonds is 5. The third kappa shape index (κ3) is 6.17. The summed E-state index contributed by atoms with van der Waals surface area (Å²) >= 11 is 0. The van der Waals surface area contributed by atoms with Crippen LogP contribution in [0.1, 0.15) is 33.6 Å². The number of anilines is 1. The van der Waals surface area contributed by atoms with Gasteiger partial charge in [-0.25, -0.2) is 17.6 Å². The number of likely N-dealkylation sites (tertiary alicyclic amines) is 1. The number of hydrogen-bond donors (Lipinski definition) is 2. The maximum Gasteiger partial charge on any atom is 0.258 e. The first-order valence-corrected chi connectivity index (χ1v) is 11.0. The summed E-state index contributed by atoms with van der Waals surface area (Å²) in [5.41, 5.74) is 3.28. The summed E-state index contributed by atoms with van der Waals surface area (Å²) in [6, 6.07) is 4.51. The highest BCUT2D eigenvalue weighted by Crippen LogP contribution is 2.35. The second-order valence-electron chi connectivity index (χ2n) is 8.25. The van der Waals surface area contributed by atoms with Crippen LogP contribution in [0, 0.1) is 23.3 Å². The first-order chi connectivity index (χ1) is 17.2. The number of hydrogen-bond acceptors (Lipinski definition) is 5. The summed E-state index contributed by atoms with van der Waals surface area (Å²) in [5.74, 6) is -6.92. The Morgan fingerprint density at radius 1 is 0.974 bits per heavy atom. The number of methoxy groups -OCH3 is 1. The summed E-state index contributed by atoms with van der Waals surface area (Å²) in [4.78, 5) is 31.4. The molecule has 1 fully saturated rings. The molecule has 0 radical (unpaired) electrons. The molecule has 0 atom stereocenters. The Morgan fingerprint density at radius 3 is 2.21 bits per heavy atom. The van der Waals surface area contributed by atoms with Gasteiger partial charge >= 0.3 is 0 Å². The second-order valence-corrected chi connectivity index (χ2v) is 8.25. The van der Waals surface area contributed by atoms with Crippen LogP contribution >= 0.6 is 24.8 Å². The van der Waals surface area contributed by atoms with Crippen molar-refractivity contribution in [3.63, 3.8) is 0 Å². The monoisotopic (exact) mass is 574 g/mol. The van der Waals surface area contributed by atoms with Crippen LogP contribution in [0.5, 0.6) is 5.75 Å². The van der Waals surface area contributed by atoms with Gasteiger partial charge in [0.05, 0.1) is 41.2 Å². The summed E-state index contributed by atoms with van der Waals surface area (Å²) in [6.45, 7) is 0.870. The van der Waals surface area contributed by atoms with E-state index in [-0.39, 0.29) is 53.8 Å². The van der Waals surface area contributed by atoms with Gasteiger partial charge in [-0.1, -0.05) is 0 Å². The predicted molar refractivity (Wildman–Crippen MR) is 138 cm³/mol. The van der Waals surface area contributed by atoms with E-state index in [1.807, 2.05) is 0 Å². The molecule has 2 amide bonds. The summed E-state index contributed by atoms with van der Waals surface area (Å²) < 4.78 is 63.7. The van der Waals surface area contributed by atoms with E-state index in [9.17, 15) is 22.8 Å². The van der Waals surface area contributed by atoms with Crippen molar-refractivity contribution >= 4 is 42.3 Å². The van der Waals surface area contributed by atoms with Gasteiger partial charge in [0, 0.05) is 37.5 Å². The van der Waals surface area contributed by atoms with Crippen LogP contribution in [0.4, 0.5) is 23.2 Å². The van der Waals surface area contributed by atoms with Crippen LogP contribution < -0.4 is 15.8 Å². The van der Waals surface area contributed by atoms with Gasteiger partial charge in [-0.15, -0.1) is 24.8 Å². The Bertz CT molecular complexity index is 1310. The molecule has 0 saturated carbocycles. The largest absolute Gasteiger partial charge is 0.497 e. The summed E-state index contributed by atoms with van der Waals surface area (Å²) in [5, 5.41) is 2.40. The zero-order valence-corrected chi connectivity index (χ0v) is 21.6. The van der Waals surface area contributed by atoms with E-state index in [1.54, 1.807) is 4.90 Å². The maximum atomic E-state index is 15.3. The smallest absolute Gasteiger partial charge is 0.258 e. The van der Waals surface area contributed by atoms with E-state index in [4.69, 9.17) is 10.5 Å². The fourth-order valence-electron chi connectivity index (χ4n) is 4.01. The van der Waals surface area contributed by atoms with Crippen LogP contribution in [0.25, 0.3) is 11.1 Å². The highest BCUT2D eigenvalue weighted by atomic mass is 35.5. The van der Waals surface area contributed by atoms with Crippen LogP contribution in [0.15, 0.2) is 42.7 Å². The van der Waals surface area contributed by atoms with E-state index >= 15 is 4.39 Å². The molecule has 1 aliphatic rings. The molecule has 38 heavy (non-hydrogen) atoms. The Labute approximate surface area is 228 Å². The van der Waals surface area contributed by atoms with Crippen molar-refractivity contribution in [1.29, 1.82) is 0 Å².